The van der Waals surface area contributed by atoms with Crippen LogP contribution in [0.1, 0.15) is 46.5 Å². The van der Waals surface area contributed by atoms with E-state index in [0.717, 1.165) is 30.7 Å². The van der Waals surface area contributed by atoms with E-state index in [9.17, 15) is 0 Å². The lowest BCUT2D eigenvalue weighted by Gasteiger charge is -2.32. The van der Waals surface area contributed by atoms with Crippen LogP contribution in [0.4, 0.5) is 5.95 Å². The highest BCUT2D eigenvalue weighted by Gasteiger charge is 2.24. The number of rotatable bonds is 4. The maximum Gasteiger partial charge on any atom is 0.202 e. The molecule has 0 amide bonds. The normalized spacial score (nSPS) is 29.2. The van der Waals surface area contributed by atoms with Gasteiger partial charge in [0.15, 0.2) is 0 Å². The summed E-state index contributed by atoms with van der Waals surface area (Å²) in [6.07, 6.45) is 9.06. The summed E-state index contributed by atoms with van der Waals surface area (Å²) < 4.78 is 2.23. The first kappa shape index (κ1) is 12.5. The van der Waals surface area contributed by atoms with E-state index in [4.69, 9.17) is 0 Å². The standard InChI is InChI=1S/C14H25N3/c1-4-6-17-7-5-15-14(17)16-13-9-11(2)8-12(3)10-13/h5,7,11-13H,4,6,8-10H2,1-3H3,(H,15,16). The van der Waals surface area contributed by atoms with E-state index in [0.29, 0.717) is 6.04 Å². The van der Waals surface area contributed by atoms with Crippen molar-refractivity contribution >= 4 is 5.95 Å². The molecule has 3 heteroatoms. The van der Waals surface area contributed by atoms with Crippen molar-refractivity contribution in [2.75, 3.05) is 5.32 Å². The fourth-order valence-electron chi connectivity index (χ4n) is 3.12. The average Bonchev–Trinajstić information content (AvgIpc) is 2.65. The number of nitrogens with one attached hydrogen (secondary N) is 1. The van der Waals surface area contributed by atoms with E-state index in [1.54, 1.807) is 0 Å². The Bertz CT molecular complexity index is 335. The summed E-state index contributed by atoms with van der Waals surface area (Å²) in [5, 5.41) is 3.63. The van der Waals surface area contributed by atoms with Crippen LogP contribution >= 0.6 is 0 Å². The molecule has 17 heavy (non-hydrogen) atoms. The first-order chi connectivity index (χ1) is 8.19. The van der Waals surface area contributed by atoms with Gasteiger partial charge in [-0.15, -0.1) is 0 Å². The molecule has 0 saturated heterocycles. The van der Waals surface area contributed by atoms with Gasteiger partial charge in [0.25, 0.3) is 0 Å². The van der Waals surface area contributed by atoms with Gasteiger partial charge in [0.2, 0.25) is 5.95 Å². The average molecular weight is 235 g/mol. The molecule has 1 saturated carbocycles. The number of imidazole rings is 1. The van der Waals surface area contributed by atoms with Crippen molar-refractivity contribution in [3.63, 3.8) is 0 Å². The van der Waals surface area contributed by atoms with Crippen LogP contribution in [0.2, 0.25) is 0 Å². The molecule has 0 radical (unpaired) electrons. The van der Waals surface area contributed by atoms with Gasteiger partial charge in [-0.3, -0.25) is 0 Å². The number of anilines is 1. The van der Waals surface area contributed by atoms with Crippen LogP contribution in [0.3, 0.4) is 0 Å². The van der Waals surface area contributed by atoms with Crippen molar-refractivity contribution in [1.82, 2.24) is 9.55 Å². The molecule has 1 aliphatic rings. The Labute approximate surface area is 105 Å². The number of aryl methyl sites for hydroxylation is 1. The maximum atomic E-state index is 4.43. The third-order valence-electron chi connectivity index (χ3n) is 3.69. The first-order valence-corrected chi connectivity index (χ1v) is 6.96. The summed E-state index contributed by atoms with van der Waals surface area (Å²) >= 11 is 0. The zero-order valence-corrected chi connectivity index (χ0v) is 11.3. The monoisotopic (exact) mass is 235 g/mol. The number of nitrogens with zero attached hydrogens (tertiary/aromatic N) is 2. The quantitative estimate of drug-likeness (QED) is 0.865. The molecule has 2 atom stereocenters. The topological polar surface area (TPSA) is 29.9 Å². The Balaban J connectivity index is 1.97. The molecule has 0 aliphatic heterocycles. The Hall–Kier alpha value is -0.990. The van der Waals surface area contributed by atoms with Crippen LogP contribution in [-0.4, -0.2) is 15.6 Å². The number of hydrogen-bond donors (Lipinski definition) is 1. The van der Waals surface area contributed by atoms with Crippen molar-refractivity contribution in [3.05, 3.63) is 12.4 Å². The molecule has 1 heterocycles. The third-order valence-corrected chi connectivity index (χ3v) is 3.69. The SMILES string of the molecule is CCCn1ccnc1NC1CC(C)CC(C)C1. The fourth-order valence-corrected chi connectivity index (χ4v) is 3.12. The van der Waals surface area contributed by atoms with Gasteiger partial charge in [-0.05, 0) is 37.5 Å². The Morgan fingerprint density at radius 1 is 1.29 bits per heavy atom. The number of aromatic nitrogens is 2. The van der Waals surface area contributed by atoms with Crippen LogP contribution in [0.25, 0.3) is 0 Å². The highest BCUT2D eigenvalue weighted by Crippen LogP contribution is 2.30. The van der Waals surface area contributed by atoms with Crippen molar-refractivity contribution in [3.8, 4) is 0 Å². The van der Waals surface area contributed by atoms with Gasteiger partial charge in [-0.1, -0.05) is 20.8 Å². The first-order valence-electron chi connectivity index (χ1n) is 6.96. The molecule has 3 nitrogen and oxygen atoms in total. The molecular formula is C14H25N3. The molecule has 0 spiro atoms. The molecule has 1 aliphatic carbocycles. The van der Waals surface area contributed by atoms with Crippen molar-refractivity contribution in [2.24, 2.45) is 11.8 Å². The van der Waals surface area contributed by atoms with Crippen LogP contribution in [0, 0.1) is 11.8 Å². The minimum atomic E-state index is 0.603. The Morgan fingerprint density at radius 2 is 2.00 bits per heavy atom. The van der Waals surface area contributed by atoms with Gasteiger partial charge in [0.1, 0.15) is 0 Å². The third kappa shape index (κ3) is 3.24. The van der Waals surface area contributed by atoms with Crippen molar-refractivity contribution < 1.29 is 0 Å². The summed E-state index contributed by atoms with van der Waals surface area (Å²) in [5.41, 5.74) is 0. The molecule has 2 unspecified atom stereocenters. The zero-order valence-electron chi connectivity index (χ0n) is 11.3. The maximum absolute atomic E-state index is 4.43. The largest absolute Gasteiger partial charge is 0.353 e. The molecule has 1 aromatic rings. The molecule has 1 aromatic heterocycles. The van der Waals surface area contributed by atoms with Crippen LogP contribution < -0.4 is 5.32 Å². The van der Waals surface area contributed by atoms with Crippen LogP contribution in [0.15, 0.2) is 12.4 Å². The summed E-state index contributed by atoms with van der Waals surface area (Å²) in [7, 11) is 0. The highest BCUT2D eigenvalue weighted by molar-refractivity contribution is 5.27. The number of hydrogen-bond acceptors (Lipinski definition) is 2. The van der Waals surface area contributed by atoms with E-state index in [1.165, 1.54) is 19.3 Å². The molecule has 0 aromatic carbocycles. The second-order valence-corrected chi connectivity index (χ2v) is 5.70. The molecule has 0 bridgehead atoms. The van der Waals surface area contributed by atoms with Gasteiger partial charge in [0, 0.05) is 25.0 Å². The fraction of sp³-hybridized carbons (Fsp3) is 0.786. The smallest absolute Gasteiger partial charge is 0.202 e. The minimum Gasteiger partial charge on any atom is -0.353 e. The second-order valence-electron chi connectivity index (χ2n) is 5.70. The predicted molar refractivity (Wildman–Crippen MR) is 72.1 cm³/mol. The van der Waals surface area contributed by atoms with Gasteiger partial charge in [-0.25, -0.2) is 4.98 Å². The van der Waals surface area contributed by atoms with E-state index in [2.05, 4.69) is 41.8 Å². The van der Waals surface area contributed by atoms with E-state index < -0.39 is 0 Å². The Kier molecular flexibility index (Phi) is 4.08. The summed E-state index contributed by atoms with van der Waals surface area (Å²) in [6.45, 7) is 7.99. The van der Waals surface area contributed by atoms with E-state index >= 15 is 0 Å². The lowest BCUT2D eigenvalue weighted by Crippen LogP contribution is -2.31. The molecular weight excluding hydrogens is 210 g/mol. The van der Waals surface area contributed by atoms with Crippen LogP contribution in [0.5, 0.6) is 0 Å². The molecule has 1 fully saturated rings. The molecule has 96 valence electrons. The van der Waals surface area contributed by atoms with E-state index in [-0.39, 0.29) is 0 Å². The second kappa shape index (κ2) is 5.56. The van der Waals surface area contributed by atoms with Gasteiger partial charge in [-0.2, -0.15) is 0 Å². The summed E-state index contributed by atoms with van der Waals surface area (Å²) in [5.74, 6) is 2.73. The molecule has 1 N–H and O–H groups in total. The highest BCUT2D eigenvalue weighted by atomic mass is 15.2. The minimum absolute atomic E-state index is 0.603. The van der Waals surface area contributed by atoms with Crippen molar-refractivity contribution in [1.29, 1.82) is 0 Å². The van der Waals surface area contributed by atoms with Crippen molar-refractivity contribution in [2.45, 2.75) is 59.0 Å². The summed E-state index contributed by atoms with van der Waals surface area (Å²) in [6, 6.07) is 0.603. The van der Waals surface area contributed by atoms with Gasteiger partial charge in [0.05, 0.1) is 0 Å². The summed E-state index contributed by atoms with van der Waals surface area (Å²) in [4.78, 5) is 4.43. The Morgan fingerprint density at radius 3 is 2.65 bits per heavy atom. The zero-order chi connectivity index (χ0) is 12.3. The van der Waals surface area contributed by atoms with Crippen LogP contribution in [-0.2, 0) is 6.54 Å². The lowest BCUT2D eigenvalue weighted by molar-refractivity contribution is 0.280. The van der Waals surface area contributed by atoms with E-state index in [1.807, 2.05) is 6.20 Å². The van der Waals surface area contributed by atoms with Gasteiger partial charge < -0.3 is 9.88 Å². The van der Waals surface area contributed by atoms with Gasteiger partial charge >= 0.3 is 0 Å². The molecule has 2 rings (SSSR count). The predicted octanol–water partition coefficient (Wildman–Crippen LogP) is 3.53. The lowest BCUT2D eigenvalue weighted by atomic mass is 9.80.